The lowest BCUT2D eigenvalue weighted by Gasteiger charge is -2.10. The topological polar surface area (TPSA) is 49.9 Å². The zero-order chi connectivity index (χ0) is 7.84. The van der Waals surface area contributed by atoms with Crippen LogP contribution in [0.2, 0.25) is 0 Å². The molecule has 2 aliphatic rings. The molecule has 0 aromatic heterocycles. The Hall–Kier alpha value is -1.16. The van der Waals surface area contributed by atoms with Gasteiger partial charge in [0.15, 0.2) is 0 Å². The van der Waals surface area contributed by atoms with E-state index in [0.717, 1.165) is 0 Å². The van der Waals surface area contributed by atoms with Crippen LogP contribution in [0.3, 0.4) is 0 Å². The molecule has 2 amide bonds. The van der Waals surface area contributed by atoms with Gasteiger partial charge >= 0.3 is 0 Å². The first-order valence-electron chi connectivity index (χ1n) is 3.42. The van der Waals surface area contributed by atoms with E-state index in [0.29, 0.717) is 13.2 Å². The summed E-state index contributed by atoms with van der Waals surface area (Å²) in [6.07, 6.45) is 2.65. The highest BCUT2D eigenvalue weighted by molar-refractivity contribution is 6.12. The minimum Gasteiger partial charge on any atom is -0.371 e. The van der Waals surface area contributed by atoms with Crippen LogP contribution in [0.4, 0.5) is 0 Å². The number of hydrogen-bond donors (Lipinski definition) is 0. The van der Waals surface area contributed by atoms with Crippen molar-refractivity contribution in [1.29, 1.82) is 0 Å². The number of imide groups is 1. The lowest BCUT2D eigenvalue weighted by molar-refractivity contribution is -0.137. The highest BCUT2D eigenvalue weighted by atomic mass is 16.6. The summed E-state index contributed by atoms with van der Waals surface area (Å²) in [6, 6.07) is 0. The van der Waals surface area contributed by atoms with Crippen LogP contribution in [0, 0.1) is 0 Å². The fourth-order valence-electron chi connectivity index (χ4n) is 0.988. The summed E-state index contributed by atoms with van der Waals surface area (Å²) in [4.78, 5) is 23.0. The van der Waals surface area contributed by atoms with Crippen LogP contribution in [-0.4, -0.2) is 36.0 Å². The van der Waals surface area contributed by atoms with Gasteiger partial charge in [-0.05, 0) is 0 Å². The van der Waals surface area contributed by atoms with E-state index in [9.17, 15) is 9.59 Å². The Morgan fingerprint density at radius 2 is 2.00 bits per heavy atom. The summed E-state index contributed by atoms with van der Waals surface area (Å²) in [5, 5.41) is 0. The fraction of sp³-hybridized carbons (Fsp3) is 0.429. The van der Waals surface area contributed by atoms with E-state index < -0.39 is 0 Å². The van der Waals surface area contributed by atoms with E-state index in [2.05, 4.69) is 0 Å². The number of hydrogen-bond acceptors (Lipinski definition) is 3. The van der Waals surface area contributed by atoms with Crippen LogP contribution >= 0.6 is 0 Å². The Kier molecular flexibility index (Phi) is 1.29. The zero-order valence-corrected chi connectivity index (χ0v) is 5.82. The van der Waals surface area contributed by atoms with Crippen LogP contribution in [0.15, 0.2) is 12.2 Å². The lowest BCUT2D eigenvalue weighted by atomic mass is 10.4. The van der Waals surface area contributed by atoms with Gasteiger partial charge in [-0.2, -0.15) is 0 Å². The summed E-state index contributed by atoms with van der Waals surface area (Å²) in [6.45, 7) is 1.07. The molecule has 4 heteroatoms. The molecule has 1 atom stereocenters. The Morgan fingerprint density at radius 1 is 1.45 bits per heavy atom. The van der Waals surface area contributed by atoms with Crippen molar-refractivity contribution in [2.45, 2.75) is 6.10 Å². The van der Waals surface area contributed by atoms with Crippen molar-refractivity contribution in [2.75, 3.05) is 13.2 Å². The molecule has 0 bridgehead atoms. The van der Waals surface area contributed by atoms with Crippen molar-refractivity contribution < 1.29 is 14.3 Å². The summed E-state index contributed by atoms with van der Waals surface area (Å²) >= 11 is 0. The van der Waals surface area contributed by atoms with Crippen LogP contribution < -0.4 is 0 Å². The average Bonchev–Trinajstić information content (AvgIpc) is 2.73. The van der Waals surface area contributed by atoms with E-state index in [1.54, 1.807) is 0 Å². The average molecular weight is 153 g/mol. The standard InChI is InChI=1S/C7H7NO3/c9-6-1-2-7(10)8(6)3-5-4-11-5/h1-2,5H,3-4H2. The van der Waals surface area contributed by atoms with Gasteiger partial charge in [0.25, 0.3) is 11.8 Å². The largest absolute Gasteiger partial charge is 0.371 e. The van der Waals surface area contributed by atoms with Gasteiger partial charge in [-0.25, -0.2) is 0 Å². The number of carbonyl (C=O) groups is 2. The number of amides is 2. The third-order valence-electron chi connectivity index (χ3n) is 1.69. The van der Waals surface area contributed by atoms with Crippen LogP contribution in [0.1, 0.15) is 0 Å². The van der Waals surface area contributed by atoms with Crippen molar-refractivity contribution in [1.82, 2.24) is 4.90 Å². The second-order valence-corrected chi connectivity index (χ2v) is 2.58. The number of ether oxygens (including phenoxy) is 1. The summed E-state index contributed by atoms with van der Waals surface area (Å²) in [5.74, 6) is -0.462. The molecule has 1 saturated heterocycles. The molecule has 58 valence electrons. The first kappa shape index (κ1) is 6.54. The molecule has 1 unspecified atom stereocenters. The van der Waals surface area contributed by atoms with Crippen molar-refractivity contribution in [3.8, 4) is 0 Å². The number of epoxide rings is 1. The summed E-state index contributed by atoms with van der Waals surface area (Å²) in [5.41, 5.74) is 0. The summed E-state index contributed by atoms with van der Waals surface area (Å²) in [7, 11) is 0. The van der Waals surface area contributed by atoms with Crippen LogP contribution in [0.25, 0.3) is 0 Å². The fourth-order valence-corrected chi connectivity index (χ4v) is 0.988. The second-order valence-electron chi connectivity index (χ2n) is 2.58. The number of nitrogens with zero attached hydrogens (tertiary/aromatic N) is 1. The molecule has 2 aliphatic heterocycles. The van der Waals surface area contributed by atoms with Crippen molar-refractivity contribution in [3.63, 3.8) is 0 Å². The van der Waals surface area contributed by atoms with Gasteiger partial charge in [0, 0.05) is 12.2 Å². The predicted molar refractivity (Wildman–Crippen MR) is 35.6 cm³/mol. The first-order valence-corrected chi connectivity index (χ1v) is 3.42. The van der Waals surface area contributed by atoms with Crippen LogP contribution in [0.5, 0.6) is 0 Å². The normalized spacial score (nSPS) is 28.4. The van der Waals surface area contributed by atoms with Gasteiger partial charge in [-0.1, -0.05) is 0 Å². The van der Waals surface area contributed by atoms with Crippen molar-refractivity contribution in [3.05, 3.63) is 12.2 Å². The van der Waals surface area contributed by atoms with Gasteiger partial charge < -0.3 is 4.74 Å². The minimum absolute atomic E-state index is 0.0859. The van der Waals surface area contributed by atoms with E-state index in [1.807, 2.05) is 0 Å². The number of rotatable bonds is 2. The zero-order valence-electron chi connectivity index (χ0n) is 5.82. The Labute approximate surface area is 63.4 Å². The monoisotopic (exact) mass is 153 g/mol. The Bertz CT molecular complexity index is 224. The van der Waals surface area contributed by atoms with Crippen molar-refractivity contribution >= 4 is 11.8 Å². The van der Waals surface area contributed by atoms with Gasteiger partial charge in [0.05, 0.1) is 19.3 Å². The lowest BCUT2D eigenvalue weighted by Crippen LogP contribution is -2.33. The molecule has 2 rings (SSSR count). The molecule has 0 aromatic carbocycles. The van der Waals surface area contributed by atoms with Gasteiger partial charge in [0.1, 0.15) is 0 Å². The quantitative estimate of drug-likeness (QED) is 0.389. The molecule has 0 saturated carbocycles. The van der Waals surface area contributed by atoms with Crippen LogP contribution in [-0.2, 0) is 14.3 Å². The molecule has 1 fully saturated rings. The van der Waals surface area contributed by atoms with Gasteiger partial charge in [-0.15, -0.1) is 0 Å². The van der Waals surface area contributed by atoms with E-state index >= 15 is 0 Å². The molecular formula is C7H7NO3. The first-order chi connectivity index (χ1) is 5.27. The molecule has 0 spiro atoms. The maximum absolute atomic E-state index is 10.9. The second kappa shape index (κ2) is 2.17. The molecule has 0 radical (unpaired) electrons. The highest BCUT2D eigenvalue weighted by Crippen LogP contribution is 2.13. The summed E-state index contributed by atoms with van der Waals surface area (Å²) < 4.78 is 4.89. The van der Waals surface area contributed by atoms with Gasteiger partial charge in [-0.3, -0.25) is 14.5 Å². The van der Waals surface area contributed by atoms with E-state index in [-0.39, 0.29) is 17.9 Å². The van der Waals surface area contributed by atoms with E-state index in [4.69, 9.17) is 4.74 Å². The smallest absolute Gasteiger partial charge is 0.253 e. The maximum atomic E-state index is 10.9. The molecular weight excluding hydrogens is 146 g/mol. The molecule has 0 aromatic rings. The SMILES string of the molecule is O=C1C=CC(=O)N1CC1CO1. The number of carbonyl (C=O) groups excluding carboxylic acids is 2. The minimum atomic E-state index is -0.231. The third kappa shape index (κ3) is 1.17. The third-order valence-corrected chi connectivity index (χ3v) is 1.69. The van der Waals surface area contributed by atoms with E-state index in [1.165, 1.54) is 17.1 Å². The molecule has 0 N–H and O–H groups in total. The van der Waals surface area contributed by atoms with Crippen molar-refractivity contribution in [2.24, 2.45) is 0 Å². The molecule has 11 heavy (non-hydrogen) atoms. The highest BCUT2D eigenvalue weighted by Gasteiger charge is 2.32. The maximum Gasteiger partial charge on any atom is 0.253 e. The Balaban J connectivity index is 2.01. The molecule has 0 aliphatic carbocycles. The van der Waals surface area contributed by atoms with Gasteiger partial charge in [0.2, 0.25) is 0 Å². The Morgan fingerprint density at radius 3 is 2.45 bits per heavy atom. The molecule has 4 nitrogen and oxygen atoms in total. The molecule has 2 heterocycles. The predicted octanol–water partition coefficient (Wildman–Crippen LogP) is -0.690.